The molecule has 34 heavy (non-hydrogen) atoms. The molecule has 4 rings (SSSR count). The van der Waals surface area contributed by atoms with Gasteiger partial charge in [-0.2, -0.15) is 0 Å². The maximum absolute atomic E-state index is 14.1. The highest BCUT2D eigenvalue weighted by Crippen LogP contribution is 2.69. The van der Waals surface area contributed by atoms with Crippen LogP contribution in [0.1, 0.15) is 39.2 Å². The summed E-state index contributed by atoms with van der Waals surface area (Å²) in [5, 5.41) is 16.5. The molecule has 0 aromatic heterocycles. The zero-order valence-corrected chi connectivity index (χ0v) is 21.9. The van der Waals surface area contributed by atoms with E-state index < -0.39 is 28.7 Å². The van der Waals surface area contributed by atoms with Crippen LogP contribution in [-0.4, -0.2) is 63.5 Å². The lowest BCUT2D eigenvalue weighted by atomic mass is 9.66. The number of thioether (sulfide) groups is 1. The fraction of sp³-hybridized carbons (Fsp3) is 0.640. The average molecular weight is 508 g/mol. The predicted molar refractivity (Wildman–Crippen MR) is 135 cm³/mol. The van der Waals surface area contributed by atoms with Crippen molar-refractivity contribution < 1.29 is 19.5 Å². The van der Waals surface area contributed by atoms with Gasteiger partial charge in [0.25, 0.3) is 0 Å². The molecule has 7 nitrogen and oxygen atoms in total. The summed E-state index contributed by atoms with van der Waals surface area (Å²) in [5.74, 6) is -1.72. The van der Waals surface area contributed by atoms with Gasteiger partial charge in [-0.05, 0) is 36.8 Å². The molecule has 3 aliphatic heterocycles. The highest BCUT2D eigenvalue weighted by atomic mass is 35.5. The first-order valence-corrected chi connectivity index (χ1v) is 13.3. The molecule has 1 spiro atoms. The third-order valence-electron chi connectivity index (χ3n) is 8.30. The fourth-order valence-corrected chi connectivity index (χ4v) is 9.06. The number of carbonyl (C=O) groups excluding carboxylic acids is 3. The number of aliphatic hydroxyl groups is 1. The number of aliphatic hydroxyl groups excluding tert-OH is 1. The largest absolute Gasteiger partial charge is 0.394 e. The molecule has 3 fully saturated rings. The Kier molecular flexibility index (Phi) is 6.97. The number of rotatable bonds is 7. The second kappa shape index (κ2) is 9.36. The van der Waals surface area contributed by atoms with Crippen molar-refractivity contribution >= 4 is 46.8 Å². The van der Waals surface area contributed by atoms with E-state index in [4.69, 9.17) is 11.6 Å². The Labute approximate surface area is 210 Å². The first kappa shape index (κ1) is 25.3. The molecule has 186 valence electrons. The Morgan fingerprint density at radius 3 is 2.65 bits per heavy atom. The molecule has 9 heteroatoms. The Morgan fingerprint density at radius 2 is 2.06 bits per heavy atom. The third-order valence-corrected chi connectivity index (χ3v) is 10.7. The number of halogens is 1. The number of anilines is 1. The van der Waals surface area contributed by atoms with Gasteiger partial charge >= 0.3 is 0 Å². The second-order valence-corrected chi connectivity index (χ2v) is 11.9. The van der Waals surface area contributed by atoms with E-state index >= 15 is 0 Å². The summed E-state index contributed by atoms with van der Waals surface area (Å²) in [7, 11) is 1.59. The van der Waals surface area contributed by atoms with E-state index in [0.29, 0.717) is 10.7 Å². The number of nitrogens with zero attached hydrogens (tertiary/aromatic N) is 1. The summed E-state index contributed by atoms with van der Waals surface area (Å²) in [4.78, 5) is 42.7. The summed E-state index contributed by atoms with van der Waals surface area (Å²) in [6, 6.07) is 4.08. The molecule has 0 aliphatic carbocycles. The highest BCUT2D eigenvalue weighted by molar-refractivity contribution is 8.02. The van der Waals surface area contributed by atoms with E-state index in [-0.39, 0.29) is 41.4 Å². The van der Waals surface area contributed by atoms with Crippen molar-refractivity contribution in [2.24, 2.45) is 23.7 Å². The van der Waals surface area contributed by atoms with Gasteiger partial charge in [-0.1, -0.05) is 50.9 Å². The number of likely N-dealkylation sites (tertiary alicyclic amines) is 1. The third kappa shape index (κ3) is 3.56. The SMILES string of the molecule is CC[C@H](C)[C@H](CO)N1C(=O)[C@@H]2[C@@H](C(=O)NC)[C@H]3CC(C)C2(S3)C1C(=O)Nc1c(C)cccc1Cl. The van der Waals surface area contributed by atoms with Gasteiger partial charge in [0.05, 0.1) is 39.9 Å². The van der Waals surface area contributed by atoms with Gasteiger partial charge in [0, 0.05) is 12.3 Å². The fourth-order valence-electron chi connectivity index (χ4n) is 6.38. The van der Waals surface area contributed by atoms with Crippen LogP contribution in [-0.2, 0) is 14.4 Å². The molecule has 3 aliphatic rings. The van der Waals surface area contributed by atoms with E-state index in [1.165, 1.54) is 0 Å². The van der Waals surface area contributed by atoms with E-state index in [1.807, 2.05) is 32.9 Å². The molecule has 3 heterocycles. The zero-order chi connectivity index (χ0) is 24.9. The summed E-state index contributed by atoms with van der Waals surface area (Å²) < 4.78 is -0.737. The quantitative estimate of drug-likeness (QED) is 0.527. The number of hydrogen-bond donors (Lipinski definition) is 3. The van der Waals surface area contributed by atoms with Crippen LogP contribution in [0.4, 0.5) is 5.69 Å². The van der Waals surface area contributed by atoms with E-state index in [9.17, 15) is 19.5 Å². The summed E-state index contributed by atoms with van der Waals surface area (Å²) in [6.07, 6.45) is 1.51. The van der Waals surface area contributed by atoms with Crippen molar-refractivity contribution in [3.63, 3.8) is 0 Å². The Hall–Kier alpha value is -1.77. The van der Waals surface area contributed by atoms with Crippen molar-refractivity contribution in [2.75, 3.05) is 19.0 Å². The summed E-state index contributed by atoms with van der Waals surface area (Å²) in [5.41, 5.74) is 1.35. The lowest BCUT2D eigenvalue weighted by Crippen LogP contribution is -2.58. The number of amides is 3. The van der Waals surface area contributed by atoms with Gasteiger partial charge in [-0.3, -0.25) is 14.4 Å². The number of benzene rings is 1. The van der Waals surface area contributed by atoms with Gasteiger partial charge in [-0.25, -0.2) is 0 Å². The highest BCUT2D eigenvalue weighted by Gasteiger charge is 2.76. The zero-order valence-electron chi connectivity index (χ0n) is 20.3. The number of hydrogen-bond acceptors (Lipinski definition) is 5. The molecule has 3 unspecified atom stereocenters. The summed E-state index contributed by atoms with van der Waals surface area (Å²) >= 11 is 8.04. The van der Waals surface area contributed by atoms with Crippen molar-refractivity contribution in [3.8, 4) is 0 Å². The van der Waals surface area contributed by atoms with Gasteiger partial charge in [0.2, 0.25) is 17.7 Å². The topological polar surface area (TPSA) is 98.7 Å². The maximum Gasteiger partial charge on any atom is 0.248 e. The molecule has 3 N–H and O–H groups in total. The van der Waals surface area contributed by atoms with Gasteiger partial charge in [0.15, 0.2) is 0 Å². The van der Waals surface area contributed by atoms with Gasteiger partial charge in [0.1, 0.15) is 6.04 Å². The first-order valence-electron chi connectivity index (χ1n) is 12.0. The predicted octanol–water partition coefficient (Wildman–Crippen LogP) is 3.08. The Morgan fingerprint density at radius 1 is 1.35 bits per heavy atom. The van der Waals surface area contributed by atoms with Crippen LogP contribution < -0.4 is 10.6 Å². The maximum atomic E-state index is 14.1. The van der Waals surface area contributed by atoms with E-state index in [2.05, 4.69) is 17.6 Å². The van der Waals surface area contributed by atoms with Crippen molar-refractivity contribution in [2.45, 2.75) is 62.6 Å². The second-order valence-electron chi connectivity index (χ2n) is 9.97. The molecule has 0 saturated carbocycles. The normalized spacial score (nSPS) is 33.6. The van der Waals surface area contributed by atoms with E-state index in [0.717, 1.165) is 18.4 Å². The van der Waals surface area contributed by atoms with Crippen LogP contribution in [0.3, 0.4) is 0 Å². The van der Waals surface area contributed by atoms with Crippen molar-refractivity contribution in [1.29, 1.82) is 0 Å². The number of nitrogens with one attached hydrogen (secondary N) is 2. The number of para-hydroxylation sites is 1. The van der Waals surface area contributed by atoms with Crippen molar-refractivity contribution in [1.82, 2.24) is 10.2 Å². The van der Waals surface area contributed by atoms with Crippen LogP contribution in [0.15, 0.2) is 18.2 Å². The molecule has 8 atom stereocenters. The number of aryl methyl sites for hydroxylation is 1. The smallest absolute Gasteiger partial charge is 0.248 e. The molecule has 1 aromatic carbocycles. The number of fused-ring (bicyclic) bond motifs is 1. The Balaban J connectivity index is 1.84. The molecular weight excluding hydrogens is 474 g/mol. The average Bonchev–Trinajstić information content (AvgIpc) is 3.40. The van der Waals surface area contributed by atoms with Crippen LogP contribution in [0.25, 0.3) is 0 Å². The van der Waals surface area contributed by atoms with Crippen molar-refractivity contribution in [3.05, 3.63) is 28.8 Å². The molecule has 1 aromatic rings. The first-order chi connectivity index (χ1) is 16.1. The van der Waals surface area contributed by atoms with Crippen LogP contribution in [0, 0.1) is 30.6 Å². The minimum absolute atomic E-state index is 0.0143. The standard InChI is InChI=1S/C25H34ClN3O4S/c1-6-12(2)16(11-30)29-21(23(32)28-20-13(3)8-7-9-15(20)26)25-14(4)10-17(34-25)18(22(31)27-5)19(25)24(29)33/h7-9,12,14,16-19,21,30H,6,10-11H2,1-5H3,(H,27,31)(H,28,32)/t12-,14?,16-,17+,18-,19-,21?,25?/m0/s1. The van der Waals surface area contributed by atoms with Crippen LogP contribution in [0.5, 0.6) is 0 Å². The lowest BCUT2D eigenvalue weighted by molar-refractivity contribution is -0.143. The van der Waals surface area contributed by atoms with Crippen LogP contribution in [0.2, 0.25) is 5.02 Å². The minimum Gasteiger partial charge on any atom is -0.394 e. The van der Waals surface area contributed by atoms with Gasteiger partial charge < -0.3 is 20.6 Å². The molecule has 2 bridgehead atoms. The molecule has 3 amide bonds. The lowest BCUT2D eigenvalue weighted by Gasteiger charge is -2.41. The minimum atomic E-state index is -0.813. The van der Waals surface area contributed by atoms with Crippen LogP contribution >= 0.6 is 23.4 Å². The van der Waals surface area contributed by atoms with E-state index in [1.54, 1.807) is 29.8 Å². The monoisotopic (exact) mass is 507 g/mol. The Bertz CT molecular complexity index is 986. The number of carbonyl (C=O) groups is 3. The summed E-state index contributed by atoms with van der Waals surface area (Å²) in [6.45, 7) is 7.69. The van der Waals surface area contributed by atoms with Gasteiger partial charge in [-0.15, -0.1) is 11.8 Å². The molecule has 0 radical (unpaired) electrons. The molecule has 3 saturated heterocycles. The molecular formula is C25H34ClN3O4S.